The first kappa shape index (κ1) is 20.7. The highest BCUT2D eigenvalue weighted by atomic mass is 32.2. The Balaban J connectivity index is 1.26. The Morgan fingerprint density at radius 3 is 2.97 bits per heavy atom. The van der Waals surface area contributed by atoms with Gasteiger partial charge >= 0.3 is 0 Å². The van der Waals surface area contributed by atoms with Crippen LogP contribution in [0, 0.1) is 6.92 Å². The van der Waals surface area contributed by atoms with Gasteiger partial charge in [0.15, 0.2) is 4.34 Å². The van der Waals surface area contributed by atoms with E-state index >= 15 is 0 Å². The van der Waals surface area contributed by atoms with E-state index in [4.69, 9.17) is 0 Å². The number of nitrogens with one attached hydrogen (secondary N) is 1. The van der Waals surface area contributed by atoms with Gasteiger partial charge in [-0.1, -0.05) is 41.3 Å². The van der Waals surface area contributed by atoms with Crippen LogP contribution >= 0.6 is 45.8 Å². The van der Waals surface area contributed by atoms with E-state index in [1.54, 1.807) is 22.7 Å². The number of amides is 1. The molecule has 5 nitrogen and oxygen atoms in total. The monoisotopic (exact) mass is 484 g/mol. The maximum Gasteiger partial charge on any atom is 0.233 e. The number of aromatic nitrogens is 2. The summed E-state index contributed by atoms with van der Waals surface area (Å²) in [6, 6.07) is 14.5. The van der Waals surface area contributed by atoms with Gasteiger partial charge in [-0.15, -0.1) is 32.9 Å². The number of rotatable bonds is 6. The lowest BCUT2D eigenvalue weighted by atomic mass is 9.98. The second kappa shape index (κ2) is 9.12. The van der Waals surface area contributed by atoms with Crippen molar-refractivity contribution in [2.24, 2.45) is 0 Å². The van der Waals surface area contributed by atoms with Crippen LogP contribution in [0.15, 0.2) is 57.6 Å². The minimum absolute atomic E-state index is 0.0241. The summed E-state index contributed by atoms with van der Waals surface area (Å²) >= 11 is 6.44. The van der Waals surface area contributed by atoms with Crippen LogP contribution in [0.3, 0.4) is 0 Å². The van der Waals surface area contributed by atoms with Gasteiger partial charge in [-0.25, -0.2) is 0 Å². The number of nitrogens with zero attached hydrogens (tertiary/aromatic N) is 3. The first-order valence-corrected chi connectivity index (χ1v) is 13.4. The number of fused-ring (bicyclic) bond motifs is 1. The van der Waals surface area contributed by atoms with E-state index in [0.29, 0.717) is 5.75 Å². The first-order valence-electron chi connectivity index (χ1n) is 9.86. The number of anilines is 2. The third-order valence-corrected chi connectivity index (χ3v) is 8.97. The largest absolute Gasteiger partial charge is 0.330 e. The number of thiophene rings is 2. The maximum absolute atomic E-state index is 13.2. The minimum atomic E-state index is 0.0241. The molecule has 1 aliphatic heterocycles. The molecular formula is C22H20N4OS4. The third kappa shape index (κ3) is 4.55. The van der Waals surface area contributed by atoms with Gasteiger partial charge in [0.2, 0.25) is 11.0 Å². The molecule has 5 rings (SSSR count). The number of thioether (sulfide) groups is 1. The van der Waals surface area contributed by atoms with Crippen molar-refractivity contribution < 1.29 is 4.79 Å². The van der Waals surface area contributed by atoms with Gasteiger partial charge in [0, 0.05) is 22.0 Å². The van der Waals surface area contributed by atoms with Crippen LogP contribution in [0.1, 0.15) is 26.9 Å². The summed E-state index contributed by atoms with van der Waals surface area (Å²) in [6.45, 7) is 2.81. The molecule has 0 bridgehead atoms. The Morgan fingerprint density at radius 2 is 2.13 bits per heavy atom. The average Bonchev–Trinajstić information content (AvgIpc) is 3.53. The standard InChI is InChI=1S/C22H20N4OS4/c1-14-4-2-5-15(12-14)23-21-24-25-22(31-21)30-13-19(27)26-9-7-17-16(8-11-29-17)20(26)18-6-3-10-28-18/h2-6,8,10-12,20H,7,9,13H2,1H3,(H,23,24)/t20-/m0/s1. The molecule has 1 aliphatic rings. The normalized spacial score (nSPS) is 15.6. The molecule has 158 valence electrons. The van der Waals surface area contributed by atoms with Crippen LogP contribution in [0.5, 0.6) is 0 Å². The molecule has 0 aliphatic carbocycles. The van der Waals surface area contributed by atoms with Crippen molar-refractivity contribution in [3.63, 3.8) is 0 Å². The molecule has 4 aromatic rings. The van der Waals surface area contributed by atoms with Crippen molar-refractivity contribution in [3.8, 4) is 0 Å². The lowest BCUT2D eigenvalue weighted by Gasteiger charge is -2.35. The molecule has 1 atom stereocenters. The highest BCUT2D eigenvalue weighted by Gasteiger charge is 2.33. The van der Waals surface area contributed by atoms with Crippen LogP contribution in [-0.2, 0) is 11.2 Å². The minimum Gasteiger partial charge on any atom is -0.330 e. The van der Waals surface area contributed by atoms with E-state index in [2.05, 4.69) is 63.5 Å². The Bertz CT molecular complexity index is 1180. The summed E-state index contributed by atoms with van der Waals surface area (Å²) in [5.41, 5.74) is 3.45. The molecule has 9 heteroatoms. The van der Waals surface area contributed by atoms with Gasteiger partial charge in [0.05, 0.1) is 11.8 Å². The average molecular weight is 485 g/mol. The van der Waals surface area contributed by atoms with Gasteiger partial charge in [-0.2, -0.15) is 0 Å². The molecule has 0 saturated heterocycles. The zero-order chi connectivity index (χ0) is 21.2. The van der Waals surface area contributed by atoms with Crippen molar-refractivity contribution in [3.05, 3.63) is 74.1 Å². The van der Waals surface area contributed by atoms with Gasteiger partial charge in [-0.05, 0) is 59.5 Å². The topological polar surface area (TPSA) is 58.1 Å². The zero-order valence-corrected chi connectivity index (χ0v) is 20.0. The van der Waals surface area contributed by atoms with E-state index in [9.17, 15) is 4.79 Å². The van der Waals surface area contributed by atoms with Crippen LogP contribution in [0.2, 0.25) is 0 Å². The lowest BCUT2D eigenvalue weighted by Crippen LogP contribution is -2.40. The molecule has 31 heavy (non-hydrogen) atoms. The Hall–Kier alpha value is -2.20. The molecule has 1 N–H and O–H groups in total. The Morgan fingerprint density at radius 1 is 1.19 bits per heavy atom. The van der Waals surface area contributed by atoms with Gasteiger partial charge < -0.3 is 10.2 Å². The molecule has 0 radical (unpaired) electrons. The predicted molar refractivity (Wildman–Crippen MR) is 131 cm³/mol. The van der Waals surface area contributed by atoms with Crippen molar-refractivity contribution in [2.45, 2.75) is 23.7 Å². The Kier molecular flexibility index (Phi) is 6.08. The molecule has 3 aromatic heterocycles. The maximum atomic E-state index is 13.2. The number of carbonyl (C=O) groups is 1. The summed E-state index contributed by atoms with van der Waals surface area (Å²) in [5, 5.41) is 16.7. The van der Waals surface area contributed by atoms with E-state index < -0.39 is 0 Å². The highest BCUT2D eigenvalue weighted by Crippen LogP contribution is 2.40. The fourth-order valence-corrected chi connectivity index (χ4v) is 7.13. The molecule has 0 unspecified atom stereocenters. The molecular weight excluding hydrogens is 465 g/mol. The van der Waals surface area contributed by atoms with Gasteiger partial charge in [0.25, 0.3) is 0 Å². The van der Waals surface area contributed by atoms with Crippen molar-refractivity contribution in [1.29, 1.82) is 0 Å². The number of hydrogen-bond acceptors (Lipinski definition) is 8. The quantitative estimate of drug-likeness (QED) is 0.341. The van der Waals surface area contributed by atoms with Crippen LogP contribution in [-0.4, -0.2) is 33.3 Å². The van der Waals surface area contributed by atoms with Gasteiger partial charge in [0.1, 0.15) is 0 Å². The Labute approximate surface area is 197 Å². The van der Waals surface area contributed by atoms with E-state index in [1.165, 1.54) is 44.0 Å². The number of benzene rings is 1. The second-order valence-electron chi connectivity index (χ2n) is 7.21. The summed E-state index contributed by atoms with van der Waals surface area (Å²) < 4.78 is 0.796. The van der Waals surface area contributed by atoms with Crippen molar-refractivity contribution in [2.75, 3.05) is 17.6 Å². The summed E-state index contributed by atoms with van der Waals surface area (Å²) in [6.07, 6.45) is 0.925. The smallest absolute Gasteiger partial charge is 0.233 e. The lowest BCUT2D eigenvalue weighted by molar-refractivity contribution is -0.130. The van der Waals surface area contributed by atoms with Gasteiger partial charge in [-0.3, -0.25) is 4.79 Å². The fourth-order valence-electron chi connectivity index (χ4n) is 3.71. The second-order valence-corrected chi connectivity index (χ2v) is 11.4. The van der Waals surface area contributed by atoms with Crippen LogP contribution in [0.4, 0.5) is 10.8 Å². The molecule has 1 amide bonds. The fraction of sp³-hybridized carbons (Fsp3) is 0.227. The molecule has 0 fully saturated rings. The van der Waals surface area contributed by atoms with Crippen LogP contribution < -0.4 is 5.32 Å². The van der Waals surface area contributed by atoms with E-state index in [0.717, 1.165) is 28.1 Å². The summed E-state index contributed by atoms with van der Waals surface area (Å²) in [4.78, 5) is 17.8. The first-order chi connectivity index (χ1) is 15.2. The van der Waals surface area contributed by atoms with E-state index in [-0.39, 0.29) is 11.9 Å². The highest BCUT2D eigenvalue weighted by molar-refractivity contribution is 8.01. The SMILES string of the molecule is Cc1cccc(Nc2nnc(SCC(=O)N3CCc4sccc4[C@H]3c3cccs3)s2)c1. The predicted octanol–water partition coefficient (Wildman–Crippen LogP) is 5.98. The van der Waals surface area contributed by atoms with Crippen molar-refractivity contribution in [1.82, 2.24) is 15.1 Å². The van der Waals surface area contributed by atoms with Crippen LogP contribution in [0.25, 0.3) is 0 Å². The zero-order valence-electron chi connectivity index (χ0n) is 16.8. The number of aryl methyl sites for hydroxylation is 1. The number of carbonyl (C=O) groups excluding carboxylic acids is 1. The molecule has 1 aromatic carbocycles. The molecule has 0 spiro atoms. The third-order valence-electron chi connectivity index (χ3n) is 5.09. The summed E-state index contributed by atoms with van der Waals surface area (Å²) in [7, 11) is 0. The van der Waals surface area contributed by atoms with E-state index in [1.807, 2.05) is 17.0 Å². The number of hydrogen-bond donors (Lipinski definition) is 1. The summed E-state index contributed by atoms with van der Waals surface area (Å²) in [5.74, 6) is 0.504. The molecule has 4 heterocycles. The van der Waals surface area contributed by atoms with Crippen molar-refractivity contribution >= 4 is 62.5 Å². The molecule has 0 saturated carbocycles.